The molecule has 0 atom stereocenters. The molecule has 0 bridgehead atoms. The second-order valence-corrected chi connectivity index (χ2v) is 7.62. The van der Waals surface area contributed by atoms with Crippen LogP contribution >= 0.6 is 11.6 Å². The third kappa shape index (κ3) is 3.71. The molecule has 0 aliphatic carbocycles. The maximum atomic E-state index is 15.4. The van der Waals surface area contributed by atoms with Crippen LogP contribution in [0.2, 0.25) is 5.02 Å². The molecule has 1 aromatic carbocycles. The van der Waals surface area contributed by atoms with Crippen LogP contribution in [0, 0.1) is 16.7 Å². The largest absolute Gasteiger partial charge is 0.388 e. The molecule has 1 aliphatic heterocycles. The van der Waals surface area contributed by atoms with Crippen LogP contribution in [0.4, 0.5) is 14.6 Å². The van der Waals surface area contributed by atoms with Crippen LogP contribution in [0.1, 0.15) is 24.2 Å². The van der Waals surface area contributed by atoms with Gasteiger partial charge >= 0.3 is 0 Å². The summed E-state index contributed by atoms with van der Waals surface area (Å²) in [5.41, 5.74) is -1.75. The minimum atomic E-state index is -3.41. The lowest BCUT2D eigenvalue weighted by Crippen LogP contribution is -2.48. The zero-order valence-electron chi connectivity index (χ0n) is 16.2. The standard InChI is InChI=1S/C20H17ClF2N6O2/c21-15-4-2-1-3-14(15)20(22,23)19(12-24)5-7-29(8-6-19)17-9-13(10-25-27-17)18-26-16(11-30)28-31-18/h1-4,9-10,30H,5-8,11H2. The van der Waals surface area contributed by atoms with Crippen molar-refractivity contribution in [1.82, 2.24) is 20.3 Å². The van der Waals surface area contributed by atoms with Crippen molar-refractivity contribution in [3.8, 4) is 17.5 Å². The van der Waals surface area contributed by atoms with Crippen LogP contribution in [0.15, 0.2) is 41.1 Å². The van der Waals surface area contributed by atoms with E-state index in [9.17, 15) is 5.26 Å². The minimum Gasteiger partial charge on any atom is -0.388 e. The first-order valence-corrected chi connectivity index (χ1v) is 9.83. The van der Waals surface area contributed by atoms with Gasteiger partial charge in [0, 0.05) is 23.7 Å². The summed E-state index contributed by atoms with van der Waals surface area (Å²) in [6.45, 7) is -0.00814. The quantitative estimate of drug-likeness (QED) is 0.633. The highest BCUT2D eigenvalue weighted by Gasteiger charge is 2.57. The molecule has 11 heteroatoms. The molecule has 0 unspecified atom stereocenters. The number of hydrogen-bond donors (Lipinski definition) is 1. The normalized spacial score (nSPS) is 16.2. The van der Waals surface area contributed by atoms with Crippen molar-refractivity contribution < 1.29 is 18.4 Å². The third-order valence-electron chi connectivity index (χ3n) is 5.47. The van der Waals surface area contributed by atoms with E-state index in [1.807, 2.05) is 6.07 Å². The lowest BCUT2D eigenvalue weighted by molar-refractivity contribution is -0.112. The van der Waals surface area contributed by atoms with E-state index in [2.05, 4.69) is 20.3 Å². The van der Waals surface area contributed by atoms with Gasteiger partial charge < -0.3 is 14.5 Å². The molecular formula is C20H17ClF2N6O2. The Morgan fingerprint density at radius 2 is 2.03 bits per heavy atom. The predicted molar refractivity (Wildman–Crippen MR) is 106 cm³/mol. The van der Waals surface area contributed by atoms with Gasteiger partial charge in [-0.05, 0) is 25.0 Å². The Kier molecular flexibility index (Phi) is 5.56. The maximum Gasteiger partial charge on any atom is 0.293 e. The number of benzene rings is 1. The van der Waals surface area contributed by atoms with Gasteiger partial charge in [-0.25, -0.2) is 0 Å². The van der Waals surface area contributed by atoms with Crippen molar-refractivity contribution in [3.05, 3.63) is 52.9 Å². The summed E-state index contributed by atoms with van der Waals surface area (Å²) in [7, 11) is 0. The topological polar surface area (TPSA) is 112 Å². The fourth-order valence-corrected chi connectivity index (χ4v) is 3.90. The summed E-state index contributed by atoms with van der Waals surface area (Å²) in [5.74, 6) is -2.68. The molecule has 31 heavy (non-hydrogen) atoms. The van der Waals surface area contributed by atoms with E-state index in [-0.39, 0.29) is 54.8 Å². The molecule has 0 amide bonds. The molecule has 0 spiro atoms. The average Bonchev–Trinajstić information content (AvgIpc) is 3.29. The summed E-state index contributed by atoms with van der Waals surface area (Å²) in [6.07, 6.45) is 1.26. The number of anilines is 1. The number of nitrogens with zero attached hydrogens (tertiary/aromatic N) is 6. The van der Waals surface area contributed by atoms with Crippen LogP contribution in [-0.4, -0.2) is 38.5 Å². The molecule has 160 valence electrons. The minimum absolute atomic E-state index is 0.0649. The van der Waals surface area contributed by atoms with Crippen molar-refractivity contribution in [3.63, 3.8) is 0 Å². The Labute approximate surface area is 181 Å². The number of alkyl halides is 2. The fourth-order valence-electron chi connectivity index (χ4n) is 3.65. The van der Waals surface area contributed by atoms with Gasteiger partial charge in [-0.1, -0.05) is 35.0 Å². The van der Waals surface area contributed by atoms with Gasteiger partial charge in [0.25, 0.3) is 11.8 Å². The van der Waals surface area contributed by atoms with E-state index in [0.717, 1.165) is 0 Å². The van der Waals surface area contributed by atoms with Gasteiger partial charge in [-0.2, -0.15) is 24.1 Å². The molecule has 1 aliphatic rings. The third-order valence-corrected chi connectivity index (χ3v) is 5.80. The summed E-state index contributed by atoms with van der Waals surface area (Å²) in [6, 6.07) is 9.23. The molecule has 0 saturated carbocycles. The first-order valence-electron chi connectivity index (χ1n) is 9.46. The Hall–Kier alpha value is -3.16. The van der Waals surface area contributed by atoms with Crippen molar-refractivity contribution in [2.75, 3.05) is 18.0 Å². The fraction of sp³-hybridized carbons (Fsp3) is 0.350. The second kappa shape index (κ2) is 8.17. The number of aliphatic hydroxyl groups is 1. The SMILES string of the molecule is N#CC1(C(F)(F)c2ccccc2Cl)CCN(c2cc(-c3nc(CO)no3)cnn2)CC1. The Morgan fingerprint density at radius 1 is 1.29 bits per heavy atom. The number of nitriles is 1. The van der Waals surface area contributed by atoms with Gasteiger partial charge in [0.15, 0.2) is 11.6 Å². The van der Waals surface area contributed by atoms with Gasteiger partial charge in [-0.15, -0.1) is 5.10 Å². The maximum absolute atomic E-state index is 15.4. The van der Waals surface area contributed by atoms with E-state index in [4.69, 9.17) is 21.2 Å². The Morgan fingerprint density at radius 3 is 2.68 bits per heavy atom. The summed E-state index contributed by atoms with van der Waals surface area (Å²) in [4.78, 5) is 5.80. The molecule has 3 aromatic rings. The zero-order valence-corrected chi connectivity index (χ0v) is 16.9. The predicted octanol–water partition coefficient (Wildman–Crippen LogP) is 3.57. The monoisotopic (exact) mass is 446 g/mol. The number of hydrogen-bond acceptors (Lipinski definition) is 8. The molecule has 1 N–H and O–H groups in total. The van der Waals surface area contributed by atoms with E-state index >= 15 is 8.78 Å². The van der Waals surface area contributed by atoms with Crippen LogP contribution in [0.25, 0.3) is 11.5 Å². The highest BCUT2D eigenvalue weighted by Crippen LogP contribution is 2.52. The van der Waals surface area contributed by atoms with Crippen LogP contribution in [0.5, 0.6) is 0 Å². The molecule has 4 rings (SSSR count). The highest BCUT2D eigenvalue weighted by molar-refractivity contribution is 6.31. The number of piperidine rings is 1. The van der Waals surface area contributed by atoms with E-state index in [1.165, 1.54) is 24.4 Å². The molecule has 2 aromatic heterocycles. The van der Waals surface area contributed by atoms with E-state index < -0.39 is 11.3 Å². The molecule has 8 nitrogen and oxygen atoms in total. The first-order chi connectivity index (χ1) is 14.9. The zero-order chi connectivity index (χ0) is 22.1. The van der Waals surface area contributed by atoms with E-state index in [1.54, 1.807) is 17.0 Å². The molecule has 3 heterocycles. The molecule has 1 fully saturated rings. The number of aliphatic hydroxyl groups excluding tert-OH is 1. The van der Waals surface area contributed by atoms with Crippen LogP contribution in [-0.2, 0) is 12.5 Å². The lowest BCUT2D eigenvalue weighted by atomic mass is 9.72. The lowest BCUT2D eigenvalue weighted by Gasteiger charge is -2.42. The number of rotatable bonds is 5. The van der Waals surface area contributed by atoms with Gasteiger partial charge in [-0.3, -0.25) is 0 Å². The molecular weight excluding hydrogens is 430 g/mol. The van der Waals surface area contributed by atoms with Gasteiger partial charge in [0.05, 0.1) is 17.8 Å². The van der Waals surface area contributed by atoms with Crippen LogP contribution < -0.4 is 4.90 Å². The number of aromatic nitrogens is 4. The molecule has 0 radical (unpaired) electrons. The van der Waals surface area contributed by atoms with Crippen molar-refractivity contribution in [2.24, 2.45) is 5.41 Å². The second-order valence-electron chi connectivity index (χ2n) is 7.21. The Bertz CT molecular complexity index is 1120. The number of halogens is 3. The smallest absolute Gasteiger partial charge is 0.293 e. The summed E-state index contributed by atoms with van der Waals surface area (Å²) < 4.78 is 35.9. The molecule has 1 saturated heterocycles. The summed E-state index contributed by atoms with van der Waals surface area (Å²) >= 11 is 6.01. The van der Waals surface area contributed by atoms with Crippen molar-refractivity contribution >= 4 is 17.4 Å². The highest BCUT2D eigenvalue weighted by atomic mass is 35.5. The summed E-state index contributed by atoms with van der Waals surface area (Å²) in [5, 5.41) is 30.4. The van der Waals surface area contributed by atoms with Gasteiger partial charge in [0.2, 0.25) is 0 Å². The first kappa shape index (κ1) is 21.1. The van der Waals surface area contributed by atoms with Crippen LogP contribution in [0.3, 0.4) is 0 Å². The average molecular weight is 447 g/mol. The van der Waals surface area contributed by atoms with E-state index in [0.29, 0.717) is 11.4 Å². The van der Waals surface area contributed by atoms with Crippen molar-refractivity contribution in [2.45, 2.75) is 25.4 Å². The Balaban J connectivity index is 1.56. The van der Waals surface area contributed by atoms with Gasteiger partial charge in [0.1, 0.15) is 12.0 Å². The van der Waals surface area contributed by atoms with Crippen molar-refractivity contribution in [1.29, 1.82) is 5.26 Å².